The number of benzene rings is 2. The van der Waals surface area contributed by atoms with E-state index < -0.39 is 0 Å². The van der Waals surface area contributed by atoms with Crippen molar-refractivity contribution >= 4 is 39.1 Å². The van der Waals surface area contributed by atoms with Gasteiger partial charge in [-0.05, 0) is 42.6 Å². The van der Waals surface area contributed by atoms with Crippen LogP contribution in [0.3, 0.4) is 0 Å². The molecule has 2 aromatic carbocycles. The molecule has 0 heterocycles. The van der Waals surface area contributed by atoms with Crippen LogP contribution in [0.4, 0.5) is 0 Å². The summed E-state index contributed by atoms with van der Waals surface area (Å²) in [7, 11) is 0. The summed E-state index contributed by atoms with van der Waals surface area (Å²) in [6.45, 7) is 3.10. The second-order valence-electron chi connectivity index (χ2n) is 4.95. The molecule has 0 saturated carbocycles. The molecule has 0 bridgehead atoms. The van der Waals surface area contributed by atoms with Crippen LogP contribution in [-0.2, 0) is 6.42 Å². The average Bonchev–Trinajstić information content (AvgIpc) is 2.48. The van der Waals surface area contributed by atoms with Crippen molar-refractivity contribution in [3.05, 3.63) is 68.1 Å². The highest BCUT2D eigenvalue weighted by Gasteiger charge is 2.17. The van der Waals surface area contributed by atoms with E-state index in [-0.39, 0.29) is 6.04 Å². The smallest absolute Gasteiger partial charge is 0.0640 e. The Morgan fingerprint density at radius 1 is 1.10 bits per heavy atom. The van der Waals surface area contributed by atoms with E-state index in [4.69, 9.17) is 23.2 Å². The molecule has 1 unspecified atom stereocenters. The van der Waals surface area contributed by atoms with Gasteiger partial charge in [-0.1, -0.05) is 76.4 Å². The third-order valence-electron chi connectivity index (χ3n) is 3.38. The monoisotopic (exact) mass is 385 g/mol. The molecule has 0 radical (unpaired) electrons. The Balaban J connectivity index is 2.30. The summed E-state index contributed by atoms with van der Waals surface area (Å²) in [5, 5.41) is 4.81. The summed E-state index contributed by atoms with van der Waals surface area (Å²) >= 11 is 16.2. The fourth-order valence-electron chi connectivity index (χ4n) is 2.28. The van der Waals surface area contributed by atoms with E-state index in [1.807, 2.05) is 24.3 Å². The van der Waals surface area contributed by atoms with Crippen LogP contribution in [0.5, 0.6) is 0 Å². The van der Waals surface area contributed by atoms with Crippen LogP contribution in [0.25, 0.3) is 0 Å². The molecule has 0 aliphatic rings. The van der Waals surface area contributed by atoms with Gasteiger partial charge in [0, 0.05) is 10.5 Å². The van der Waals surface area contributed by atoms with E-state index >= 15 is 0 Å². The van der Waals surface area contributed by atoms with Crippen LogP contribution in [0, 0.1) is 0 Å². The summed E-state index contributed by atoms with van der Waals surface area (Å²) in [6, 6.07) is 14.2. The first-order valence-electron chi connectivity index (χ1n) is 7.04. The van der Waals surface area contributed by atoms with E-state index in [9.17, 15) is 0 Å². The minimum absolute atomic E-state index is 0.148. The van der Waals surface area contributed by atoms with Crippen LogP contribution >= 0.6 is 39.1 Å². The molecule has 1 nitrogen and oxygen atoms in total. The van der Waals surface area contributed by atoms with Crippen molar-refractivity contribution in [1.82, 2.24) is 5.32 Å². The quantitative estimate of drug-likeness (QED) is 0.638. The molecule has 0 aliphatic heterocycles. The molecule has 0 saturated heterocycles. The number of nitrogens with one attached hydrogen (secondary N) is 1. The van der Waals surface area contributed by atoms with Gasteiger partial charge in [0.05, 0.1) is 10.0 Å². The standard InChI is InChI=1S/C17H18BrCl2N/c1-2-10-21-16(11-12-6-3-4-8-14(12)18)13-7-5-9-15(19)17(13)20/h3-9,16,21H,2,10-11H2,1H3. The Morgan fingerprint density at radius 3 is 2.57 bits per heavy atom. The first kappa shape index (κ1) is 16.8. The molecule has 1 atom stereocenters. The van der Waals surface area contributed by atoms with Crippen LogP contribution in [0.1, 0.15) is 30.5 Å². The van der Waals surface area contributed by atoms with Gasteiger partial charge in [0.2, 0.25) is 0 Å². The fourth-order valence-corrected chi connectivity index (χ4v) is 3.17. The second kappa shape index (κ2) is 8.19. The van der Waals surface area contributed by atoms with Gasteiger partial charge in [-0.3, -0.25) is 0 Å². The van der Waals surface area contributed by atoms with Crippen molar-refractivity contribution in [2.75, 3.05) is 6.54 Å². The first-order valence-corrected chi connectivity index (χ1v) is 8.59. The van der Waals surface area contributed by atoms with Gasteiger partial charge in [-0.2, -0.15) is 0 Å². The average molecular weight is 387 g/mol. The molecule has 0 aromatic heterocycles. The largest absolute Gasteiger partial charge is 0.310 e. The summed E-state index contributed by atoms with van der Waals surface area (Å²) in [6.07, 6.45) is 1.94. The molecule has 0 amide bonds. The predicted molar refractivity (Wildman–Crippen MR) is 95.3 cm³/mol. The maximum atomic E-state index is 6.39. The molecule has 4 heteroatoms. The van der Waals surface area contributed by atoms with Crippen molar-refractivity contribution in [1.29, 1.82) is 0 Å². The molecular formula is C17H18BrCl2N. The lowest BCUT2D eigenvalue weighted by Gasteiger charge is -2.21. The molecule has 0 aliphatic carbocycles. The van der Waals surface area contributed by atoms with E-state index in [1.54, 1.807) is 0 Å². The van der Waals surface area contributed by atoms with Crippen molar-refractivity contribution < 1.29 is 0 Å². The van der Waals surface area contributed by atoms with Crippen molar-refractivity contribution in [2.24, 2.45) is 0 Å². The highest BCUT2D eigenvalue weighted by atomic mass is 79.9. The second-order valence-corrected chi connectivity index (χ2v) is 6.58. The van der Waals surface area contributed by atoms with E-state index in [1.165, 1.54) is 5.56 Å². The van der Waals surface area contributed by atoms with Crippen LogP contribution in [0.2, 0.25) is 10.0 Å². The Morgan fingerprint density at radius 2 is 1.86 bits per heavy atom. The summed E-state index contributed by atoms with van der Waals surface area (Å²) in [5.41, 5.74) is 2.30. The number of halogens is 3. The molecule has 1 N–H and O–H groups in total. The zero-order valence-electron chi connectivity index (χ0n) is 11.9. The van der Waals surface area contributed by atoms with Crippen LogP contribution in [0.15, 0.2) is 46.9 Å². The Hall–Kier alpha value is -0.540. The van der Waals surface area contributed by atoms with Gasteiger partial charge in [0.15, 0.2) is 0 Å². The van der Waals surface area contributed by atoms with Gasteiger partial charge < -0.3 is 5.32 Å². The zero-order chi connectivity index (χ0) is 15.2. The molecule has 112 valence electrons. The highest BCUT2D eigenvalue weighted by Crippen LogP contribution is 2.32. The van der Waals surface area contributed by atoms with Gasteiger partial charge in [-0.15, -0.1) is 0 Å². The van der Waals surface area contributed by atoms with Crippen molar-refractivity contribution in [3.8, 4) is 0 Å². The van der Waals surface area contributed by atoms with Gasteiger partial charge >= 0.3 is 0 Å². The third kappa shape index (κ3) is 4.46. The summed E-state index contributed by atoms with van der Waals surface area (Å²) in [4.78, 5) is 0. The normalized spacial score (nSPS) is 12.4. The Labute approximate surface area is 144 Å². The first-order chi connectivity index (χ1) is 10.1. The molecule has 2 aromatic rings. The Kier molecular flexibility index (Phi) is 6.56. The lowest BCUT2D eigenvalue weighted by molar-refractivity contribution is 0.529. The minimum Gasteiger partial charge on any atom is -0.310 e. The third-order valence-corrected chi connectivity index (χ3v) is 4.99. The van der Waals surface area contributed by atoms with Gasteiger partial charge in [-0.25, -0.2) is 0 Å². The lowest BCUT2D eigenvalue weighted by Crippen LogP contribution is -2.24. The molecule has 21 heavy (non-hydrogen) atoms. The van der Waals surface area contributed by atoms with Crippen LogP contribution in [-0.4, -0.2) is 6.54 Å². The molecule has 0 spiro atoms. The SMILES string of the molecule is CCCNC(Cc1ccccc1Br)c1cccc(Cl)c1Cl. The molecule has 0 fully saturated rings. The van der Waals surface area contributed by atoms with Crippen molar-refractivity contribution in [3.63, 3.8) is 0 Å². The summed E-state index contributed by atoms with van der Waals surface area (Å²) < 4.78 is 1.12. The number of hydrogen-bond donors (Lipinski definition) is 1. The van der Waals surface area contributed by atoms with E-state index in [0.29, 0.717) is 10.0 Å². The fraction of sp³-hybridized carbons (Fsp3) is 0.294. The van der Waals surface area contributed by atoms with Crippen LogP contribution < -0.4 is 5.32 Å². The van der Waals surface area contributed by atoms with Crippen molar-refractivity contribution in [2.45, 2.75) is 25.8 Å². The maximum Gasteiger partial charge on any atom is 0.0640 e. The number of rotatable bonds is 6. The molecular weight excluding hydrogens is 369 g/mol. The lowest BCUT2D eigenvalue weighted by atomic mass is 9.98. The van der Waals surface area contributed by atoms with E-state index in [0.717, 1.165) is 29.4 Å². The maximum absolute atomic E-state index is 6.39. The topological polar surface area (TPSA) is 12.0 Å². The zero-order valence-corrected chi connectivity index (χ0v) is 15.0. The summed E-state index contributed by atoms with van der Waals surface area (Å²) in [5.74, 6) is 0. The number of hydrogen-bond acceptors (Lipinski definition) is 1. The highest BCUT2D eigenvalue weighted by molar-refractivity contribution is 9.10. The molecule has 2 rings (SSSR count). The van der Waals surface area contributed by atoms with Gasteiger partial charge in [0.25, 0.3) is 0 Å². The minimum atomic E-state index is 0.148. The van der Waals surface area contributed by atoms with Gasteiger partial charge in [0.1, 0.15) is 0 Å². The predicted octanol–water partition coefficient (Wildman–Crippen LogP) is 6.04. The Bertz CT molecular complexity index is 601. The van der Waals surface area contributed by atoms with E-state index in [2.05, 4.69) is 46.4 Å².